The van der Waals surface area contributed by atoms with Crippen LogP contribution in [0.3, 0.4) is 0 Å². The minimum absolute atomic E-state index is 0.531. The van der Waals surface area contributed by atoms with E-state index in [-0.39, 0.29) is 0 Å². The van der Waals surface area contributed by atoms with Crippen molar-refractivity contribution >= 4 is 0 Å². The average molecular weight is 204 g/mol. The fourth-order valence-corrected chi connectivity index (χ4v) is 2.32. The van der Waals surface area contributed by atoms with Crippen molar-refractivity contribution in [3.05, 3.63) is 35.9 Å². The van der Waals surface area contributed by atoms with Gasteiger partial charge in [-0.15, -0.1) is 0 Å². The first-order valence-corrected chi connectivity index (χ1v) is 5.83. The Kier molecular flexibility index (Phi) is 3.39. The van der Waals surface area contributed by atoms with E-state index < -0.39 is 0 Å². The molecule has 1 aromatic rings. The zero-order valence-electron chi connectivity index (χ0n) is 9.61. The number of hydrogen-bond donors (Lipinski definition) is 1. The largest absolute Gasteiger partial charge is 0.297 e. The van der Waals surface area contributed by atoms with Crippen molar-refractivity contribution < 1.29 is 0 Å². The monoisotopic (exact) mass is 204 g/mol. The number of rotatable bonds is 2. The molecule has 0 unspecified atom stereocenters. The number of benzene rings is 1. The second kappa shape index (κ2) is 4.77. The van der Waals surface area contributed by atoms with E-state index in [0.717, 1.165) is 13.2 Å². The maximum absolute atomic E-state index is 3.59. The van der Waals surface area contributed by atoms with Crippen molar-refractivity contribution in [2.45, 2.75) is 32.4 Å². The molecule has 1 heterocycles. The van der Waals surface area contributed by atoms with Gasteiger partial charge in [0.15, 0.2) is 0 Å². The summed E-state index contributed by atoms with van der Waals surface area (Å²) in [5.41, 5.74) is 1.42. The minimum atomic E-state index is 0.531. The van der Waals surface area contributed by atoms with Crippen molar-refractivity contribution in [3.63, 3.8) is 0 Å². The molecule has 2 rings (SSSR count). The van der Waals surface area contributed by atoms with E-state index in [1.165, 1.54) is 12.0 Å². The Morgan fingerprint density at radius 1 is 1.33 bits per heavy atom. The van der Waals surface area contributed by atoms with Crippen molar-refractivity contribution in [3.8, 4) is 0 Å². The van der Waals surface area contributed by atoms with E-state index in [9.17, 15) is 0 Å². The molecule has 0 amide bonds. The summed E-state index contributed by atoms with van der Waals surface area (Å²) in [6.07, 6.45) is 1.21. The second-order valence-corrected chi connectivity index (χ2v) is 4.32. The summed E-state index contributed by atoms with van der Waals surface area (Å²) in [6.45, 7) is 6.69. The normalized spacial score (nSPS) is 27.9. The van der Waals surface area contributed by atoms with Crippen LogP contribution >= 0.6 is 0 Å². The Morgan fingerprint density at radius 3 is 2.67 bits per heavy atom. The third-order valence-corrected chi connectivity index (χ3v) is 3.35. The zero-order valence-corrected chi connectivity index (χ0v) is 9.61. The maximum Gasteiger partial charge on any atom is 0.0487 e. The Balaban J connectivity index is 2.03. The highest BCUT2D eigenvalue weighted by molar-refractivity contribution is 5.19. The molecule has 15 heavy (non-hydrogen) atoms. The van der Waals surface area contributed by atoms with Crippen LogP contribution < -0.4 is 5.32 Å². The van der Waals surface area contributed by atoms with Crippen molar-refractivity contribution in [2.75, 3.05) is 13.2 Å². The van der Waals surface area contributed by atoms with Crippen molar-refractivity contribution in [2.24, 2.45) is 0 Å². The van der Waals surface area contributed by atoms with Gasteiger partial charge >= 0.3 is 0 Å². The molecule has 2 nitrogen and oxygen atoms in total. The molecule has 1 fully saturated rings. The van der Waals surface area contributed by atoms with Crippen LogP contribution in [0.15, 0.2) is 30.3 Å². The smallest absolute Gasteiger partial charge is 0.0487 e. The van der Waals surface area contributed by atoms with Crippen LogP contribution in [0, 0.1) is 0 Å². The van der Waals surface area contributed by atoms with E-state index >= 15 is 0 Å². The first-order chi connectivity index (χ1) is 7.31. The van der Waals surface area contributed by atoms with Gasteiger partial charge in [-0.1, -0.05) is 37.3 Å². The lowest BCUT2D eigenvalue weighted by atomic mass is 9.97. The van der Waals surface area contributed by atoms with E-state index in [2.05, 4.69) is 54.4 Å². The Labute approximate surface area is 92.3 Å². The van der Waals surface area contributed by atoms with E-state index in [1.807, 2.05) is 0 Å². The maximum atomic E-state index is 3.59. The van der Waals surface area contributed by atoms with Gasteiger partial charge in [-0.25, -0.2) is 0 Å². The molecular formula is C13H20N2. The summed E-state index contributed by atoms with van der Waals surface area (Å²) in [5, 5.41) is 3.59. The van der Waals surface area contributed by atoms with Crippen LogP contribution in [0.1, 0.15) is 31.9 Å². The number of nitrogens with zero attached hydrogens (tertiary/aromatic N) is 1. The molecule has 1 aliphatic rings. The Hall–Kier alpha value is -0.860. The predicted octanol–water partition coefficient (Wildman–Crippen LogP) is 2.39. The lowest BCUT2D eigenvalue weighted by Crippen LogP contribution is -2.48. The summed E-state index contributed by atoms with van der Waals surface area (Å²) in [6, 6.07) is 12.0. The van der Waals surface area contributed by atoms with Gasteiger partial charge in [0.2, 0.25) is 0 Å². The molecule has 0 aliphatic carbocycles. The molecule has 2 atom stereocenters. The number of hydrogen-bond acceptors (Lipinski definition) is 2. The summed E-state index contributed by atoms with van der Waals surface area (Å²) in [7, 11) is 0. The van der Waals surface area contributed by atoms with Crippen LogP contribution in [0.4, 0.5) is 0 Å². The predicted molar refractivity (Wildman–Crippen MR) is 63.6 cm³/mol. The third kappa shape index (κ3) is 2.39. The molecule has 82 valence electrons. The topological polar surface area (TPSA) is 15.3 Å². The number of nitrogens with one attached hydrogen (secondary N) is 1. The molecule has 0 bridgehead atoms. The Bertz CT molecular complexity index is 297. The fraction of sp³-hybridized carbons (Fsp3) is 0.538. The van der Waals surface area contributed by atoms with Crippen molar-refractivity contribution in [1.29, 1.82) is 0 Å². The van der Waals surface area contributed by atoms with Crippen LogP contribution in [0.5, 0.6) is 0 Å². The molecule has 1 aliphatic heterocycles. The summed E-state index contributed by atoms with van der Waals surface area (Å²) >= 11 is 0. The van der Waals surface area contributed by atoms with E-state index in [0.29, 0.717) is 12.1 Å². The molecule has 1 saturated heterocycles. The van der Waals surface area contributed by atoms with Gasteiger partial charge in [0, 0.05) is 18.8 Å². The first kappa shape index (κ1) is 10.7. The minimum Gasteiger partial charge on any atom is -0.297 e. The van der Waals surface area contributed by atoms with Crippen LogP contribution in [0.25, 0.3) is 0 Å². The lowest BCUT2D eigenvalue weighted by Gasteiger charge is -2.38. The second-order valence-electron chi connectivity index (χ2n) is 4.32. The summed E-state index contributed by atoms with van der Waals surface area (Å²) in [4.78, 5) is 2.47. The molecule has 1 aromatic carbocycles. The summed E-state index contributed by atoms with van der Waals surface area (Å²) in [5.74, 6) is 0. The van der Waals surface area contributed by atoms with Crippen molar-refractivity contribution in [1.82, 2.24) is 10.2 Å². The van der Waals surface area contributed by atoms with Crippen LogP contribution in [-0.4, -0.2) is 24.2 Å². The third-order valence-electron chi connectivity index (χ3n) is 3.35. The Morgan fingerprint density at radius 2 is 2.07 bits per heavy atom. The highest BCUT2D eigenvalue weighted by atomic mass is 15.3. The highest BCUT2D eigenvalue weighted by Crippen LogP contribution is 2.23. The molecule has 0 saturated carbocycles. The first-order valence-electron chi connectivity index (χ1n) is 5.83. The molecule has 1 N–H and O–H groups in total. The average Bonchev–Trinajstić information content (AvgIpc) is 2.30. The van der Waals surface area contributed by atoms with E-state index in [1.54, 1.807) is 0 Å². The van der Waals surface area contributed by atoms with Gasteiger partial charge in [0.05, 0.1) is 0 Å². The van der Waals surface area contributed by atoms with Crippen LogP contribution in [0.2, 0.25) is 0 Å². The quantitative estimate of drug-likeness (QED) is 0.795. The van der Waals surface area contributed by atoms with Gasteiger partial charge in [-0.3, -0.25) is 10.2 Å². The molecule has 0 radical (unpaired) electrons. The van der Waals surface area contributed by atoms with Gasteiger partial charge in [0.25, 0.3) is 0 Å². The van der Waals surface area contributed by atoms with Gasteiger partial charge in [-0.05, 0) is 25.5 Å². The SMILES string of the molecule is CCN1CN[C@@H](c2ccccc2)C[C@@H]1C. The summed E-state index contributed by atoms with van der Waals surface area (Å²) < 4.78 is 0. The molecular weight excluding hydrogens is 184 g/mol. The lowest BCUT2D eigenvalue weighted by molar-refractivity contribution is 0.129. The van der Waals surface area contributed by atoms with Gasteiger partial charge < -0.3 is 0 Å². The highest BCUT2D eigenvalue weighted by Gasteiger charge is 2.24. The van der Waals surface area contributed by atoms with Gasteiger partial charge in [-0.2, -0.15) is 0 Å². The van der Waals surface area contributed by atoms with E-state index in [4.69, 9.17) is 0 Å². The molecule has 0 aromatic heterocycles. The molecule has 2 heteroatoms. The molecule has 0 spiro atoms. The van der Waals surface area contributed by atoms with Crippen LogP contribution in [-0.2, 0) is 0 Å². The van der Waals surface area contributed by atoms with Gasteiger partial charge in [0.1, 0.15) is 0 Å². The standard InChI is InChI=1S/C13H20N2/c1-3-15-10-14-13(9-11(15)2)12-7-5-4-6-8-12/h4-8,11,13-14H,3,9-10H2,1-2H3/t11-,13+/m0/s1. The fourth-order valence-electron chi connectivity index (χ4n) is 2.32. The zero-order chi connectivity index (χ0) is 10.7.